The lowest BCUT2D eigenvalue weighted by atomic mass is 10.1. The van der Waals surface area contributed by atoms with Gasteiger partial charge in [0.1, 0.15) is 17.0 Å². The third kappa shape index (κ3) is 5.19. The highest BCUT2D eigenvalue weighted by Crippen LogP contribution is 2.32. The lowest BCUT2D eigenvalue weighted by Crippen LogP contribution is -2.44. The molecule has 1 amide bonds. The van der Waals surface area contributed by atoms with Crippen molar-refractivity contribution in [3.8, 4) is 10.9 Å². The van der Waals surface area contributed by atoms with Crippen LogP contribution in [0, 0.1) is 0 Å². The Morgan fingerprint density at radius 1 is 1.22 bits per heavy atom. The molecule has 1 aromatic carbocycles. The summed E-state index contributed by atoms with van der Waals surface area (Å²) in [6.45, 7) is 5.98. The summed E-state index contributed by atoms with van der Waals surface area (Å²) < 4.78 is 12.7. The average Bonchev–Trinajstić information content (AvgIpc) is 3.50. The van der Waals surface area contributed by atoms with Gasteiger partial charge in [0.2, 0.25) is 0 Å². The molecule has 4 aromatic heterocycles. The van der Waals surface area contributed by atoms with Crippen LogP contribution in [-0.2, 0) is 6.54 Å². The van der Waals surface area contributed by atoms with Crippen LogP contribution in [0.5, 0.6) is 10.9 Å². The van der Waals surface area contributed by atoms with Gasteiger partial charge in [-0.1, -0.05) is 18.3 Å². The van der Waals surface area contributed by atoms with Crippen LogP contribution in [0.3, 0.4) is 0 Å². The minimum absolute atomic E-state index is 0.0130. The van der Waals surface area contributed by atoms with Crippen molar-refractivity contribution in [1.82, 2.24) is 30.2 Å². The van der Waals surface area contributed by atoms with E-state index in [2.05, 4.69) is 32.2 Å². The van der Waals surface area contributed by atoms with Gasteiger partial charge in [-0.15, -0.1) is 0 Å². The fourth-order valence-electron chi connectivity index (χ4n) is 4.00. The molecule has 0 aliphatic heterocycles. The number of carbonyl (C=O) groups excluding carboxylic acids is 1. The number of fused-ring (bicyclic) bond motifs is 2. The molecule has 0 saturated heterocycles. The van der Waals surface area contributed by atoms with Gasteiger partial charge in [-0.2, -0.15) is 4.98 Å². The van der Waals surface area contributed by atoms with Crippen molar-refractivity contribution in [3.63, 3.8) is 0 Å². The van der Waals surface area contributed by atoms with Crippen LogP contribution < -0.4 is 10.1 Å². The third-order valence-corrected chi connectivity index (χ3v) is 6.66. The van der Waals surface area contributed by atoms with Crippen molar-refractivity contribution < 1.29 is 13.9 Å². The van der Waals surface area contributed by atoms with E-state index in [9.17, 15) is 4.79 Å². The highest BCUT2D eigenvalue weighted by atomic mass is 32.1. The monoisotopic (exact) mass is 502 g/mol. The number of hydrogen-bond donors (Lipinski definition) is 1. The van der Waals surface area contributed by atoms with E-state index in [1.807, 2.05) is 42.2 Å². The number of amides is 1. The van der Waals surface area contributed by atoms with E-state index in [1.165, 1.54) is 23.7 Å². The standard InChI is InChI=1S/C26H26N6O3S/c1-3-11-32(25(33)21-15-27-9-10-29-21)17(2)13-28-14-18-16-34-22-12-19(6-7-20(18)22)35-26-31-24-23(36-26)5-4-8-30-24/h4-10,12,15-17,28H,3,11,13-14H2,1-2H3. The van der Waals surface area contributed by atoms with Crippen LogP contribution in [0.25, 0.3) is 21.3 Å². The van der Waals surface area contributed by atoms with E-state index >= 15 is 0 Å². The number of benzene rings is 1. The van der Waals surface area contributed by atoms with Crippen molar-refractivity contribution in [2.45, 2.75) is 32.9 Å². The maximum atomic E-state index is 12.9. The second-order valence-corrected chi connectivity index (χ2v) is 9.39. The molecule has 9 nitrogen and oxygen atoms in total. The maximum Gasteiger partial charge on any atom is 0.281 e. The van der Waals surface area contributed by atoms with E-state index in [0.717, 1.165) is 27.7 Å². The number of rotatable bonds is 10. The molecule has 0 fully saturated rings. The third-order valence-electron chi connectivity index (χ3n) is 5.77. The van der Waals surface area contributed by atoms with E-state index in [-0.39, 0.29) is 11.9 Å². The first kappa shape index (κ1) is 23.8. The number of ether oxygens (including phenoxy) is 1. The van der Waals surface area contributed by atoms with E-state index < -0.39 is 0 Å². The molecule has 0 aliphatic rings. The summed E-state index contributed by atoms with van der Waals surface area (Å²) in [5, 5.41) is 5.01. The van der Waals surface area contributed by atoms with E-state index in [0.29, 0.717) is 41.9 Å². The van der Waals surface area contributed by atoms with Gasteiger partial charge < -0.3 is 19.4 Å². The zero-order chi connectivity index (χ0) is 24.9. The lowest BCUT2D eigenvalue weighted by Gasteiger charge is -2.29. The Hall–Kier alpha value is -3.89. The van der Waals surface area contributed by atoms with Crippen LogP contribution in [0.15, 0.2) is 65.8 Å². The zero-order valence-electron chi connectivity index (χ0n) is 20.0. The van der Waals surface area contributed by atoms with Gasteiger partial charge in [0, 0.05) is 61.3 Å². The van der Waals surface area contributed by atoms with E-state index in [4.69, 9.17) is 9.15 Å². The molecule has 5 aromatic rings. The molecular formula is C26H26N6O3S. The number of thiazole rings is 1. The second-order valence-electron chi connectivity index (χ2n) is 8.40. The molecule has 0 bridgehead atoms. The molecule has 0 saturated carbocycles. The number of aromatic nitrogens is 4. The summed E-state index contributed by atoms with van der Waals surface area (Å²) in [4.78, 5) is 31.6. The molecule has 0 spiro atoms. The first-order valence-electron chi connectivity index (χ1n) is 11.8. The minimum atomic E-state index is -0.107. The molecule has 10 heteroatoms. The van der Waals surface area contributed by atoms with Crippen molar-refractivity contribution >= 4 is 38.6 Å². The number of nitrogens with one attached hydrogen (secondary N) is 1. The summed E-state index contributed by atoms with van der Waals surface area (Å²) in [6.07, 6.45) is 8.94. The highest BCUT2D eigenvalue weighted by Gasteiger charge is 2.22. The molecule has 1 N–H and O–H groups in total. The van der Waals surface area contributed by atoms with Crippen molar-refractivity contribution in [2.75, 3.05) is 13.1 Å². The van der Waals surface area contributed by atoms with Gasteiger partial charge >= 0.3 is 0 Å². The van der Waals surface area contributed by atoms with Crippen LogP contribution in [0.1, 0.15) is 36.3 Å². The second kappa shape index (κ2) is 10.8. The van der Waals surface area contributed by atoms with Crippen LogP contribution in [0.2, 0.25) is 0 Å². The first-order valence-corrected chi connectivity index (χ1v) is 12.6. The maximum absolute atomic E-state index is 12.9. The van der Waals surface area contributed by atoms with Gasteiger partial charge in [-0.3, -0.25) is 9.78 Å². The number of pyridine rings is 1. The molecule has 5 rings (SSSR count). The number of furan rings is 1. The van der Waals surface area contributed by atoms with Gasteiger partial charge in [-0.05, 0) is 37.6 Å². The minimum Gasteiger partial charge on any atom is -0.464 e. The quantitative estimate of drug-likeness (QED) is 0.283. The number of hydrogen-bond acceptors (Lipinski definition) is 9. The van der Waals surface area contributed by atoms with Crippen LogP contribution in [-0.4, -0.2) is 49.9 Å². The largest absolute Gasteiger partial charge is 0.464 e. The fraction of sp³-hybridized carbons (Fsp3) is 0.269. The Labute approximate surface area is 212 Å². The van der Waals surface area contributed by atoms with Crippen molar-refractivity contribution in [3.05, 3.63) is 72.6 Å². The molecule has 1 atom stereocenters. The lowest BCUT2D eigenvalue weighted by molar-refractivity contribution is 0.0684. The van der Waals surface area contributed by atoms with Crippen LogP contribution in [0.4, 0.5) is 0 Å². The van der Waals surface area contributed by atoms with E-state index in [1.54, 1.807) is 18.7 Å². The van der Waals surface area contributed by atoms with Crippen LogP contribution >= 0.6 is 11.3 Å². The van der Waals surface area contributed by atoms with Gasteiger partial charge in [0.05, 0.1) is 17.2 Å². The van der Waals surface area contributed by atoms with Gasteiger partial charge in [0.25, 0.3) is 11.1 Å². The zero-order valence-corrected chi connectivity index (χ0v) is 20.9. The Kier molecular flexibility index (Phi) is 7.15. The summed E-state index contributed by atoms with van der Waals surface area (Å²) in [5.74, 6) is 0.547. The number of carbonyl (C=O) groups is 1. The predicted molar refractivity (Wildman–Crippen MR) is 138 cm³/mol. The van der Waals surface area contributed by atoms with Gasteiger partial charge in [-0.25, -0.2) is 9.97 Å². The Morgan fingerprint density at radius 3 is 2.94 bits per heavy atom. The normalized spacial score (nSPS) is 12.2. The highest BCUT2D eigenvalue weighted by molar-refractivity contribution is 7.20. The Morgan fingerprint density at radius 2 is 2.14 bits per heavy atom. The summed E-state index contributed by atoms with van der Waals surface area (Å²) in [7, 11) is 0. The average molecular weight is 503 g/mol. The number of nitrogens with zero attached hydrogens (tertiary/aromatic N) is 5. The molecule has 4 heterocycles. The van der Waals surface area contributed by atoms with Crippen molar-refractivity contribution in [2.24, 2.45) is 0 Å². The molecule has 36 heavy (non-hydrogen) atoms. The molecule has 184 valence electrons. The summed E-state index contributed by atoms with van der Waals surface area (Å²) >= 11 is 1.45. The fourth-order valence-corrected chi connectivity index (χ4v) is 4.80. The van der Waals surface area contributed by atoms with Gasteiger partial charge in [0.15, 0.2) is 5.65 Å². The first-order chi connectivity index (χ1) is 17.6. The summed E-state index contributed by atoms with van der Waals surface area (Å²) in [6, 6.07) is 9.60. The predicted octanol–water partition coefficient (Wildman–Crippen LogP) is 5.05. The Bertz CT molecular complexity index is 1440. The Balaban J connectivity index is 1.21. The smallest absolute Gasteiger partial charge is 0.281 e. The topological polar surface area (TPSA) is 106 Å². The summed E-state index contributed by atoms with van der Waals surface area (Å²) in [5.41, 5.74) is 2.81. The molecule has 0 aliphatic carbocycles. The molecular weight excluding hydrogens is 476 g/mol. The molecule has 1 unspecified atom stereocenters. The molecule has 0 radical (unpaired) electrons. The SMILES string of the molecule is CCCN(C(=O)c1cnccn1)C(C)CNCc1coc2cc(Oc3nc4ncccc4s3)ccc12. The van der Waals surface area contributed by atoms with Crippen molar-refractivity contribution in [1.29, 1.82) is 0 Å².